The Kier molecular flexibility index (Phi) is 6.78. The van der Waals surface area contributed by atoms with Gasteiger partial charge in [0.25, 0.3) is 0 Å². The molecule has 1 nitrogen and oxygen atoms in total. The third kappa shape index (κ3) is 4.75. The Hall–Kier alpha value is -5.96. The topological polar surface area (TPSA) is 3.24 Å². The first-order valence-electron chi connectivity index (χ1n) is 17.7. The zero-order chi connectivity index (χ0) is 34.1. The zero-order valence-corrected chi connectivity index (χ0v) is 29.4. The summed E-state index contributed by atoms with van der Waals surface area (Å²) in [5, 5.41) is 5.27. The van der Waals surface area contributed by atoms with Crippen molar-refractivity contribution in [2.45, 2.75) is 19.3 Å². The van der Waals surface area contributed by atoms with Crippen molar-refractivity contribution in [1.29, 1.82) is 0 Å². The molecule has 0 amide bonds. The highest BCUT2D eigenvalue weighted by atomic mass is 32.1. The van der Waals surface area contributed by atoms with Gasteiger partial charge in [0.15, 0.2) is 0 Å². The largest absolute Gasteiger partial charge is 0.310 e. The van der Waals surface area contributed by atoms with E-state index in [1.54, 1.807) is 0 Å². The Labute approximate surface area is 302 Å². The van der Waals surface area contributed by atoms with E-state index in [1.807, 2.05) is 11.3 Å². The highest BCUT2D eigenvalue weighted by Crippen LogP contribution is 2.51. The summed E-state index contributed by atoms with van der Waals surface area (Å²) in [6.07, 6.45) is 0. The lowest BCUT2D eigenvalue weighted by Crippen LogP contribution is -2.15. The van der Waals surface area contributed by atoms with Gasteiger partial charge in [0.2, 0.25) is 0 Å². The molecule has 0 aliphatic heterocycles. The molecule has 1 aliphatic rings. The molecular formula is C49H35NS. The maximum atomic E-state index is 2.40. The predicted molar refractivity (Wildman–Crippen MR) is 220 cm³/mol. The molecule has 0 atom stereocenters. The fourth-order valence-electron chi connectivity index (χ4n) is 8.31. The van der Waals surface area contributed by atoms with E-state index in [0.717, 1.165) is 17.1 Å². The molecule has 0 spiro atoms. The molecule has 2 heteroatoms. The summed E-state index contributed by atoms with van der Waals surface area (Å²) in [6, 6.07) is 64.8. The van der Waals surface area contributed by atoms with Crippen molar-refractivity contribution in [3.63, 3.8) is 0 Å². The Bertz CT molecular complexity index is 2750. The molecule has 0 radical (unpaired) electrons. The lowest BCUT2D eigenvalue weighted by molar-refractivity contribution is 0.660. The molecule has 51 heavy (non-hydrogen) atoms. The molecule has 0 saturated heterocycles. The summed E-state index contributed by atoms with van der Waals surface area (Å²) in [7, 11) is 0. The van der Waals surface area contributed by atoms with Crippen LogP contribution < -0.4 is 4.90 Å². The first kappa shape index (κ1) is 29.9. The molecule has 0 N–H and O–H groups in total. The van der Waals surface area contributed by atoms with E-state index in [-0.39, 0.29) is 5.41 Å². The molecule has 1 aromatic heterocycles. The van der Waals surface area contributed by atoms with Crippen LogP contribution in [0.5, 0.6) is 0 Å². The number of rotatable bonds is 5. The fourth-order valence-corrected chi connectivity index (χ4v) is 9.58. The number of thiophene rings is 1. The van der Waals surface area contributed by atoms with Crippen molar-refractivity contribution in [3.8, 4) is 33.4 Å². The van der Waals surface area contributed by atoms with Crippen LogP contribution >= 0.6 is 11.3 Å². The Balaban J connectivity index is 1.11. The van der Waals surface area contributed by atoms with Gasteiger partial charge in [-0.15, -0.1) is 11.3 Å². The number of nitrogens with zero attached hydrogens (tertiary/aromatic N) is 1. The highest BCUT2D eigenvalue weighted by molar-refractivity contribution is 7.26. The Morgan fingerprint density at radius 3 is 1.86 bits per heavy atom. The van der Waals surface area contributed by atoms with Crippen LogP contribution in [0.2, 0.25) is 0 Å². The van der Waals surface area contributed by atoms with Gasteiger partial charge in [-0.1, -0.05) is 147 Å². The van der Waals surface area contributed by atoms with Crippen molar-refractivity contribution < 1.29 is 0 Å². The molecule has 1 heterocycles. The number of hydrogen-bond donors (Lipinski definition) is 0. The molecule has 9 aromatic rings. The standard InChI is InChI=1S/C49H35NS/c1-49(2)44-17-8-6-14-40(44)43-31-38(28-30-45(43)49)50(36-24-19-33(20-25-36)32-11-4-3-5-12-32)37-26-21-34(22-27-37)39-16-10-13-35-23-29-42-41-15-7-9-18-46(41)51-48(42)47(35)39/h3-31H,1-2H3. The summed E-state index contributed by atoms with van der Waals surface area (Å²) in [5.41, 5.74) is 13.7. The van der Waals surface area contributed by atoms with Gasteiger partial charge in [0.05, 0.1) is 0 Å². The summed E-state index contributed by atoms with van der Waals surface area (Å²) in [4.78, 5) is 2.40. The normalized spacial score (nSPS) is 13.1. The quantitative estimate of drug-likeness (QED) is 0.176. The van der Waals surface area contributed by atoms with Gasteiger partial charge in [-0.25, -0.2) is 0 Å². The minimum atomic E-state index is -0.0352. The van der Waals surface area contributed by atoms with Crippen LogP contribution in [-0.2, 0) is 5.41 Å². The lowest BCUT2D eigenvalue weighted by atomic mass is 9.82. The van der Waals surface area contributed by atoms with Crippen LogP contribution in [0.25, 0.3) is 64.3 Å². The van der Waals surface area contributed by atoms with E-state index in [4.69, 9.17) is 0 Å². The highest BCUT2D eigenvalue weighted by Gasteiger charge is 2.35. The van der Waals surface area contributed by atoms with E-state index in [0.29, 0.717) is 0 Å². The third-order valence-corrected chi connectivity index (χ3v) is 12.1. The van der Waals surface area contributed by atoms with Crippen molar-refractivity contribution in [2.75, 3.05) is 4.90 Å². The molecule has 242 valence electrons. The van der Waals surface area contributed by atoms with Crippen LogP contribution in [-0.4, -0.2) is 0 Å². The van der Waals surface area contributed by atoms with Crippen molar-refractivity contribution in [3.05, 3.63) is 187 Å². The second-order valence-corrected chi connectivity index (χ2v) is 15.2. The van der Waals surface area contributed by atoms with Gasteiger partial charge in [-0.05, 0) is 92.4 Å². The minimum Gasteiger partial charge on any atom is -0.310 e. The number of fused-ring (bicyclic) bond motifs is 8. The van der Waals surface area contributed by atoms with Crippen molar-refractivity contribution in [1.82, 2.24) is 0 Å². The SMILES string of the molecule is CC1(C)c2ccccc2-c2cc(N(c3ccc(-c4ccccc4)cc3)c3ccc(-c4cccc5ccc6c7ccccc7sc6c45)cc3)ccc21. The van der Waals surface area contributed by atoms with E-state index in [2.05, 4.69) is 195 Å². The second kappa shape index (κ2) is 11.6. The first-order chi connectivity index (χ1) is 25.0. The monoisotopic (exact) mass is 669 g/mol. The van der Waals surface area contributed by atoms with E-state index < -0.39 is 0 Å². The van der Waals surface area contributed by atoms with Gasteiger partial charge < -0.3 is 4.90 Å². The smallest absolute Gasteiger partial charge is 0.0468 e. The summed E-state index contributed by atoms with van der Waals surface area (Å²) in [5.74, 6) is 0. The molecule has 8 aromatic carbocycles. The van der Waals surface area contributed by atoms with E-state index in [9.17, 15) is 0 Å². The molecule has 0 saturated carbocycles. The third-order valence-electron chi connectivity index (χ3n) is 10.9. The van der Waals surface area contributed by atoms with Crippen molar-refractivity contribution >= 4 is 59.3 Å². The molecule has 0 unspecified atom stereocenters. The average molecular weight is 670 g/mol. The molecule has 0 fully saturated rings. The lowest BCUT2D eigenvalue weighted by Gasteiger charge is -2.27. The van der Waals surface area contributed by atoms with E-state index >= 15 is 0 Å². The molecular weight excluding hydrogens is 635 g/mol. The fraction of sp³-hybridized carbons (Fsp3) is 0.0612. The molecule has 1 aliphatic carbocycles. The van der Waals surface area contributed by atoms with Gasteiger partial charge in [-0.3, -0.25) is 0 Å². The van der Waals surface area contributed by atoms with Crippen LogP contribution in [0.3, 0.4) is 0 Å². The van der Waals surface area contributed by atoms with Crippen molar-refractivity contribution in [2.24, 2.45) is 0 Å². The molecule has 0 bridgehead atoms. The van der Waals surface area contributed by atoms with Gasteiger partial charge in [-0.2, -0.15) is 0 Å². The van der Waals surface area contributed by atoms with Gasteiger partial charge in [0.1, 0.15) is 0 Å². The van der Waals surface area contributed by atoms with Crippen LogP contribution in [0, 0.1) is 0 Å². The van der Waals surface area contributed by atoms with Crippen LogP contribution in [0.15, 0.2) is 176 Å². The van der Waals surface area contributed by atoms with E-state index in [1.165, 1.54) is 75.5 Å². The van der Waals surface area contributed by atoms with Crippen LogP contribution in [0.4, 0.5) is 17.1 Å². The Morgan fingerprint density at radius 1 is 0.431 bits per heavy atom. The summed E-state index contributed by atoms with van der Waals surface area (Å²) < 4.78 is 2.69. The Morgan fingerprint density at radius 2 is 1.06 bits per heavy atom. The predicted octanol–water partition coefficient (Wildman–Crippen LogP) is 14.3. The number of hydrogen-bond acceptors (Lipinski definition) is 2. The van der Waals surface area contributed by atoms with Gasteiger partial charge in [0, 0.05) is 48.0 Å². The van der Waals surface area contributed by atoms with Gasteiger partial charge >= 0.3 is 0 Å². The zero-order valence-electron chi connectivity index (χ0n) is 28.6. The minimum absolute atomic E-state index is 0.0352. The second-order valence-electron chi connectivity index (χ2n) is 14.1. The maximum absolute atomic E-state index is 2.40. The maximum Gasteiger partial charge on any atom is 0.0468 e. The molecule has 10 rings (SSSR count). The average Bonchev–Trinajstić information content (AvgIpc) is 3.68. The summed E-state index contributed by atoms with van der Waals surface area (Å²) >= 11 is 1.90. The number of benzene rings is 8. The van der Waals surface area contributed by atoms with Crippen LogP contribution in [0.1, 0.15) is 25.0 Å². The first-order valence-corrected chi connectivity index (χ1v) is 18.5. The summed E-state index contributed by atoms with van der Waals surface area (Å²) in [6.45, 7) is 4.69. The number of anilines is 3.